The smallest absolute Gasteiger partial charge is 0.331 e. The zero-order chi connectivity index (χ0) is 20.4. The van der Waals surface area contributed by atoms with Gasteiger partial charge in [-0.05, 0) is 53.4 Å². The van der Waals surface area contributed by atoms with E-state index < -0.39 is 5.97 Å². The Morgan fingerprint density at radius 2 is 1.40 bits per heavy atom. The number of esters is 1. The third kappa shape index (κ3) is 2.58. The molecular weight excluding hydrogens is 378 g/mol. The first kappa shape index (κ1) is 17.6. The minimum Gasteiger partial charge on any atom is -0.425 e. The molecule has 5 heteroatoms. The molecule has 2 aromatic carbocycles. The average Bonchev–Trinajstić information content (AvgIpc) is 3.56. The highest BCUT2D eigenvalue weighted by Gasteiger charge is 2.67. The molecule has 1 saturated heterocycles. The van der Waals surface area contributed by atoms with Crippen LogP contribution in [0.2, 0.25) is 0 Å². The van der Waals surface area contributed by atoms with E-state index in [0.29, 0.717) is 17.6 Å². The predicted octanol–water partition coefficient (Wildman–Crippen LogP) is 3.31. The van der Waals surface area contributed by atoms with Gasteiger partial charge in [0.15, 0.2) is 0 Å². The molecule has 30 heavy (non-hydrogen) atoms. The van der Waals surface area contributed by atoms with Crippen LogP contribution < -0.4 is 4.74 Å². The molecule has 3 fully saturated rings. The summed E-state index contributed by atoms with van der Waals surface area (Å²) >= 11 is 0. The Kier molecular flexibility index (Phi) is 3.76. The molecule has 2 bridgehead atoms. The molecule has 4 aliphatic carbocycles. The van der Waals surface area contributed by atoms with E-state index in [1.54, 1.807) is 12.1 Å². The van der Waals surface area contributed by atoms with E-state index in [9.17, 15) is 14.4 Å². The number of carbonyl (C=O) groups excluding carboxylic acids is 3. The van der Waals surface area contributed by atoms with E-state index in [1.165, 1.54) is 0 Å². The number of amides is 2. The molecule has 2 aromatic rings. The van der Waals surface area contributed by atoms with Gasteiger partial charge >= 0.3 is 5.97 Å². The second-order valence-electron chi connectivity index (χ2n) is 8.78. The molecule has 2 saturated carbocycles. The van der Waals surface area contributed by atoms with Gasteiger partial charge in [-0.15, -0.1) is 0 Å². The molecule has 7 rings (SSSR count). The number of carbonyl (C=O) groups is 3. The molecule has 1 aliphatic heterocycles. The fourth-order valence-corrected chi connectivity index (χ4v) is 5.81. The van der Waals surface area contributed by atoms with Crippen LogP contribution in [0.5, 0.6) is 5.75 Å². The van der Waals surface area contributed by atoms with Crippen LogP contribution >= 0.6 is 0 Å². The van der Waals surface area contributed by atoms with Crippen LogP contribution in [0.1, 0.15) is 6.42 Å². The van der Waals surface area contributed by atoms with E-state index in [2.05, 4.69) is 12.2 Å². The van der Waals surface area contributed by atoms with Crippen molar-refractivity contribution in [3.63, 3.8) is 0 Å². The molecule has 0 N–H and O–H groups in total. The van der Waals surface area contributed by atoms with Crippen LogP contribution in [0.25, 0.3) is 11.1 Å². The average molecular weight is 399 g/mol. The second kappa shape index (κ2) is 6.39. The van der Waals surface area contributed by atoms with Crippen LogP contribution in [-0.2, 0) is 14.4 Å². The maximum absolute atomic E-state index is 13.0. The normalized spacial score (nSPS) is 32.7. The third-order valence-electron chi connectivity index (χ3n) is 7.23. The zero-order valence-corrected chi connectivity index (χ0v) is 16.3. The van der Waals surface area contributed by atoms with Crippen LogP contribution in [-0.4, -0.2) is 29.2 Å². The maximum Gasteiger partial charge on any atom is 0.331 e. The van der Waals surface area contributed by atoms with Gasteiger partial charge in [0.05, 0.1) is 11.8 Å². The summed E-state index contributed by atoms with van der Waals surface area (Å²) in [5, 5.41) is 0. The van der Waals surface area contributed by atoms with Gasteiger partial charge in [-0.25, -0.2) is 4.79 Å². The minimum absolute atomic E-state index is 0.160. The van der Waals surface area contributed by atoms with Crippen LogP contribution in [0.4, 0.5) is 0 Å². The first-order valence-corrected chi connectivity index (χ1v) is 10.5. The number of nitrogens with zero attached hydrogens (tertiary/aromatic N) is 1. The Bertz CT molecular complexity index is 1040. The topological polar surface area (TPSA) is 63.7 Å². The number of allylic oxidation sites excluding steroid dienone is 2. The van der Waals surface area contributed by atoms with Crippen LogP contribution in [0.3, 0.4) is 0 Å². The van der Waals surface area contributed by atoms with Crippen molar-refractivity contribution >= 4 is 17.8 Å². The molecule has 5 aliphatic rings. The maximum atomic E-state index is 13.0. The SMILES string of the molecule is O=C(CN1C(=O)[C@@H]2[C@@H]3C=C[C@H]([C@@H]4C[C@H]34)[C@@H]2C1=O)Oc1ccc(-c2ccccc2)cc1. The Balaban J connectivity index is 1.14. The predicted molar refractivity (Wildman–Crippen MR) is 109 cm³/mol. The zero-order valence-electron chi connectivity index (χ0n) is 16.3. The summed E-state index contributed by atoms with van der Waals surface area (Å²) in [6.45, 7) is -0.320. The summed E-state index contributed by atoms with van der Waals surface area (Å²) in [6, 6.07) is 17.1. The molecule has 0 radical (unpaired) electrons. The number of ether oxygens (including phenoxy) is 1. The summed E-state index contributed by atoms with van der Waals surface area (Å²) in [5.74, 6) is 0.259. The minimum atomic E-state index is -0.590. The van der Waals surface area contributed by atoms with E-state index in [4.69, 9.17) is 4.74 Å². The van der Waals surface area contributed by atoms with Crippen LogP contribution in [0.15, 0.2) is 66.7 Å². The Morgan fingerprint density at radius 1 is 0.833 bits per heavy atom. The number of rotatable bonds is 4. The van der Waals surface area contributed by atoms with E-state index in [1.807, 2.05) is 42.5 Å². The lowest BCUT2D eigenvalue weighted by Crippen LogP contribution is -2.40. The highest BCUT2D eigenvalue weighted by Crippen LogP contribution is 2.65. The van der Waals surface area contributed by atoms with E-state index in [-0.39, 0.29) is 42.0 Å². The van der Waals surface area contributed by atoms with Crippen molar-refractivity contribution < 1.29 is 19.1 Å². The number of benzene rings is 2. The van der Waals surface area contributed by atoms with Crippen molar-refractivity contribution in [1.82, 2.24) is 4.90 Å². The van der Waals surface area contributed by atoms with Crippen molar-refractivity contribution in [3.05, 3.63) is 66.7 Å². The van der Waals surface area contributed by atoms with Gasteiger partial charge in [-0.1, -0.05) is 54.6 Å². The molecule has 0 spiro atoms. The van der Waals surface area contributed by atoms with Gasteiger partial charge in [-0.2, -0.15) is 0 Å². The number of likely N-dealkylation sites (tertiary alicyclic amines) is 1. The van der Waals surface area contributed by atoms with Gasteiger partial charge in [0.1, 0.15) is 12.3 Å². The van der Waals surface area contributed by atoms with Gasteiger partial charge < -0.3 is 4.74 Å². The standard InChI is InChI=1S/C25H21NO4/c27-21(30-16-8-6-15(7-9-16)14-4-2-1-3-5-14)13-26-24(28)22-17-10-11-18(20-12-19(17)20)23(22)25(26)29/h1-11,17-20,22-23H,12-13H2/t17-,18-,19-,20+,22-,23+/m1/s1. The third-order valence-corrected chi connectivity index (χ3v) is 7.23. The van der Waals surface area contributed by atoms with Crippen molar-refractivity contribution in [1.29, 1.82) is 0 Å². The molecular formula is C25H21NO4. The number of hydrogen-bond acceptors (Lipinski definition) is 4. The van der Waals surface area contributed by atoms with Crippen molar-refractivity contribution in [2.45, 2.75) is 6.42 Å². The summed E-state index contributed by atoms with van der Waals surface area (Å²) in [5.41, 5.74) is 2.10. The van der Waals surface area contributed by atoms with E-state index >= 15 is 0 Å². The Labute approximate surface area is 174 Å². The summed E-state index contributed by atoms with van der Waals surface area (Å²) in [7, 11) is 0. The van der Waals surface area contributed by atoms with Gasteiger partial charge in [0.2, 0.25) is 11.8 Å². The lowest BCUT2D eigenvalue weighted by molar-refractivity contribution is -0.148. The van der Waals surface area contributed by atoms with Gasteiger partial charge in [0, 0.05) is 0 Å². The number of imide groups is 1. The summed E-state index contributed by atoms with van der Waals surface area (Å²) < 4.78 is 5.42. The first-order chi connectivity index (χ1) is 14.6. The van der Waals surface area contributed by atoms with Crippen molar-refractivity contribution in [3.8, 4) is 16.9 Å². The van der Waals surface area contributed by atoms with Gasteiger partial charge in [0.25, 0.3) is 0 Å². The molecule has 0 unspecified atom stereocenters. The lowest BCUT2D eigenvalue weighted by atomic mass is 9.63. The van der Waals surface area contributed by atoms with Crippen molar-refractivity contribution in [2.75, 3.05) is 6.54 Å². The highest BCUT2D eigenvalue weighted by molar-refractivity contribution is 6.08. The molecule has 5 nitrogen and oxygen atoms in total. The fourth-order valence-electron chi connectivity index (χ4n) is 5.81. The Morgan fingerprint density at radius 3 is 2.00 bits per heavy atom. The monoisotopic (exact) mass is 399 g/mol. The van der Waals surface area contributed by atoms with Crippen LogP contribution in [0, 0.1) is 35.5 Å². The molecule has 0 aromatic heterocycles. The fraction of sp³-hybridized carbons (Fsp3) is 0.320. The molecule has 6 atom stereocenters. The summed E-state index contributed by atoms with van der Waals surface area (Å²) in [4.78, 5) is 39.5. The largest absolute Gasteiger partial charge is 0.425 e. The highest BCUT2D eigenvalue weighted by atomic mass is 16.5. The Hall–Kier alpha value is -3.21. The molecule has 1 heterocycles. The lowest BCUT2D eigenvalue weighted by Gasteiger charge is -2.37. The number of hydrogen-bond donors (Lipinski definition) is 0. The van der Waals surface area contributed by atoms with E-state index in [0.717, 1.165) is 22.4 Å². The molecule has 2 amide bonds. The van der Waals surface area contributed by atoms with Crippen molar-refractivity contribution in [2.24, 2.45) is 35.5 Å². The quantitative estimate of drug-likeness (QED) is 0.342. The second-order valence-corrected chi connectivity index (χ2v) is 8.78. The van der Waals surface area contributed by atoms with Gasteiger partial charge in [-0.3, -0.25) is 14.5 Å². The first-order valence-electron chi connectivity index (χ1n) is 10.5. The molecule has 150 valence electrons. The summed E-state index contributed by atoms with van der Waals surface area (Å²) in [6.07, 6.45) is 5.37.